The highest BCUT2D eigenvalue weighted by Gasteiger charge is 2.16. The number of rotatable bonds is 6. The van der Waals surface area contributed by atoms with Gasteiger partial charge >= 0.3 is 0 Å². The Hall–Kier alpha value is -0.340. The minimum absolute atomic E-state index is 0.528. The van der Waals surface area contributed by atoms with Gasteiger partial charge in [-0.25, -0.2) is 0 Å². The van der Waals surface area contributed by atoms with Crippen molar-refractivity contribution in [1.82, 2.24) is 5.32 Å². The Morgan fingerprint density at radius 1 is 1.16 bits per heavy atom. The lowest BCUT2D eigenvalue weighted by Crippen LogP contribution is -2.22. The summed E-state index contributed by atoms with van der Waals surface area (Å²) in [5.74, 6) is 0.977. The van der Waals surface area contributed by atoms with Gasteiger partial charge in [0.15, 0.2) is 0 Å². The summed E-state index contributed by atoms with van der Waals surface area (Å²) in [6.45, 7) is 3.25. The van der Waals surface area contributed by atoms with Gasteiger partial charge in [0.2, 0.25) is 0 Å². The van der Waals surface area contributed by atoms with Crippen molar-refractivity contribution in [2.75, 3.05) is 6.54 Å². The van der Waals surface area contributed by atoms with Crippen LogP contribution < -0.4 is 5.32 Å². The van der Waals surface area contributed by atoms with Crippen LogP contribution in [0.25, 0.3) is 0 Å². The molecule has 0 spiro atoms. The molecule has 1 aromatic carbocycles. The first-order chi connectivity index (χ1) is 9.29. The van der Waals surface area contributed by atoms with E-state index in [9.17, 15) is 0 Å². The molecule has 0 radical (unpaired) electrons. The van der Waals surface area contributed by atoms with E-state index in [0.29, 0.717) is 6.04 Å². The third-order valence-corrected chi connectivity index (χ3v) is 4.84. The predicted octanol–water partition coefficient (Wildman–Crippen LogP) is 5.46. The second-order valence-electron chi connectivity index (χ2n) is 5.74. The molecule has 2 heteroatoms. The molecular weight excluding hydrogens is 298 g/mol. The molecule has 1 aromatic rings. The van der Waals surface area contributed by atoms with Crippen molar-refractivity contribution in [1.29, 1.82) is 0 Å². The first-order valence-electron chi connectivity index (χ1n) is 7.78. The highest BCUT2D eigenvalue weighted by molar-refractivity contribution is 9.10. The molecule has 0 heterocycles. The van der Waals surface area contributed by atoms with Crippen molar-refractivity contribution in [3.8, 4) is 0 Å². The van der Waals surface area contributed by atoms with E-state index in [1.807, 2.05) is 0 Å². The van der Waals surface area contributed by atoms with Gasteiger partial charge in [0.05, 0.1) is 0 Å². The molecule has 1 nitrogen and oxygen atoms in total. The van der Waals surface area contributed by atoms with Crippen LogP contribution in [0.1, 0.15) is 63.5 Å². The molecule has 1 saturated carbocycles. The van der Waals surface area contributed by atoms with Gasteiger partial charge in [-0.15, -0.1) is 0 Å². The molecule has 0 saturated heterocycles. The molecule has 1 atom stereocenters. The SMILES string of the molecule is CCNC(CCC1CCCCC1)c1ccc(Br)cc1. The molecule has 2 rings (SSSR count). The maximum absolute atomic E-state index is 3.64. The standard InChI is InChI=1S/C17H26BrN/c1-2-19-17(15-9-11-16(18)12-10-15)13-8-14-6-4-3-5-7-14/h9-12,14,17,19H,2-8,13H2,1H3. The van der Waals surface area contributed by atoms with E-state index in [1.54, 1.807) is 0 Å². The second-order valence-corrected chi connectivity index (χ2v) is 6.66. The molecular formula is C17H26BrN. The van der Waals surface area contributed by atoms with Crippen LogP contribution in [0.5, 0.6) is 0 Å². The molecule has 0 aliphatic heterocycles. The summed E-state index contributed by atoms with van der Waals surface area (Å²) in [6, 6.07) is 9.33. The highest BCUT2D eigenvalue weighted by Crippen LogP contribution is 2.30. The fourth-order valence-electron chi connectivity index (χ4n) is 3.21. The number of hydrogen-bond donors (Lipinski definition) is 1. The topological polar surface area (TPSA) is 12.0 Å². The van der Waals surface area contributed by atoms with E-state index >= 15 is 0 Å². The van der Waals surface area contributed by atoms with Crippen LogP contribution in [0.2, 0.25) is 0 Å². The minimum Gasteiger partial charge on any atom is -0.310 e. The lowest BCUT2D eigenvalue weighted by molar-refractivity contribution is 0.315. The first kappa shape index (κ1) is 15.1. The summed E-state index contributed by atoms with van der Waals surface area (Å²) in [5.41, 5.74) is 1.43. The van der Waals surface area contributed by atoms with Crippen LogP contribution in [-0.4, -0.2) is 6.54 Å². The third-order valence-electron chi connectivity index (χ3n) is 4.31. The van der Waals surface area contributed by atoms with Gasteiger partial charge in [0.1, 0.15) is 0 Å². The number of hydrogen-bond acceptors (Lipinski definition) is 1. The number of halogens is 1. The van der Waals surface area contributed by atoms with Crippen LogP contribution >= 0.6 is 15.9 Å². The summed E-state index contributed by atoms with van der Waals surface area (Å²) >= 11 is 3.51. The Morgan fingerprint density at radius 3 is 2.47 bits per heavy atom. The highest BCUT2D eigenvalue weighted by atomic mass is 79.9. The average molecular weight is 324 g/mol. The smallest absolute Gasteiger partial charge is 0.0320 e. The molecule has 19 heavy (non-hydrogen) atoms. The van der Waals surface area contributed by atoms with E-state index in [2.05, 4.69) is 52.4 Å². The number of nitrogens with one attached hydrogen (secondary N) is 1. The second kappa shape index (κ2) is 8.06. The van der Waals surface area contributed by atoms with Crippen LogP contribution in [0, 0.1) is 5.92 Å². The summed E-state index contributed by atoms with van der Waals surface area (Å²) in [7, 11) is 0. The van der Waals surface area contributed by atoms with Gasteiger partial charge < -0.3 is 5.32 Å². The Kier molecular flexibility index (Phi) is 6.39. The molecule has 1 aliphatic carbocycles. The Bertz CT molecular complexity index is 354. The first-order valence-corrected chi connectivity index (χ1v) is 8.57. The Balaban J connectivity index is 1.89. The van der Waals surface area contributed by atoms with Crippen LogP contribution in [-0.2, 0) is 0 Å². The zero-order valence-electron chi connectivity index (χ0n) is 12.0. The van der Waals surface area contributed by atoms with Crippen molar-refractivity contribution in [2.24, 2.45) is 5.92 Å². The van der Waals surface area contributed by atoms with Gasteiger partial charge in [-0.2, -0.15) is 0 Å². The van der Waals surface area contributed by atoms with Gasteiger partial charge in [0.25, 0.3) is 0 Å². The van der Waals surface area contributed by atoms with E-state index in [-0.39, 0.29) is 0 Å². The Labute approximate surface area is 126 Å². The Morgan fingerprint density at radius 2 is 1.84 bits per heavy atom. The van der Waals surface area contributed by atoms with Crippen molar-refractivity contribution >= 4 is 15.9 Å². The van der Waals surface area contributed by atoms with Gasteiger partial charge in [-0.1, -0.05) is 67.1 Å². The summed E-state index contributed by atoms with van der Waals surface area (Å²) in [4.78, 5) is 0. The van der Waals surface area contributed by atoms with Crippen molar-refractivity contribution in [3.05, 3.63) is 34.3 Å². The predicted molar refractivity (Wildman–Crippen MR) is 86.4 cm³/mol. The van der Waals surface area contributed by atoms with Crippen molar-refractivity contribution in [2.45, 2.75) is 57.9 Å². The minimum atomic E-state index is 0.528. The van der Waals surface area contributed by atoms with E-state index in [0.717, 1.165) is 12.5 Å². The van der Waals surface area contributed by atoms with E-state index in [4.69, 9.17) is 0 Å². The van der Waals surface area contributed by atoms with Gasteiger partial charge in [-0.3, -0.25) is 0 Å². The average Bonchev–Trinajstić information content (AvgIpc) is 2.46. The third kappa shape index (κ3) is 4.92. The maximum atomic E-state index is 3.64. The molecule has 1 unspecified atom stereocenters. The van der Waals surface area contributed by atoms with Gasteiger partial charge in [0, 0.05) is 10.5 Å². The van der Waals surface area contributed by atoms with Crippen molar-refractivity contribution < 1.29 is 0 Å². The lowest BCUT2D eigenvalue weighted by Gasteiger charge is -2.25. The van der Waals surface area contributed by atoms with E-state index in [1.165, 1.54) is 55.0 Å². The van der Waals surface area contributed by atoms with Crippen LogP contribution in [0.15, 0.2) is 28.7 Å². The summed E-state index contributed by atoms with van der Waals surface area (Å²) in [6.07, 6.45) is 9.94. The molecule has 1 fully saturated rings. The molecule has 0 bridgehead atoms. The lowest BCUT2D eigenvalue weighted by atomic mass is 9.84. The summed E-state index contributed by atoms with van der Waals surface area (Å²) < 4.78 is 1.17. The zero-order chi connectivity index (χ0) is 13.5. The molecule has 1 aliphatic rings. The van der Waals surface area contributed by atoms with Crippen LogP contribution in [0.4, 0.5) is 0 Å². The fraction of sp³-hybridized carbons (Fsp3) is 0.647. The van der Waals surface area contributed by atoms with Crippen molar-refractivity contribution in [3.63, 3.8) is 0 Å². The van der Waals surface area contributed by atoms with Gasteiger partial charge in [-0.05, 0) is 43.0 Å². The summed E-state index contributed by atoms with van der Waals surface area (Å²) in [5, 5.41) is 3.64. The van der Waals surface area contributed by atoms with Crippen LogP contribution in [0.3, 0.4) is 0 Å². The largest absolute Gasteiger partial charge is 0.310 e. The van der Waals surface area contributed by atoms with E-state index < -0.39 is 0 Å². The fourth-order valence-corrected chi connectivity index (χ4v) is 3.47. The zero-order valence-corrected chi connectivity index (χ0v) is 13.6. The monoisotopic (exact) mass is 323 g/mol. The quantitative estimate of drug-likeness (QED) is 0.732. The molecule has 106 valence electrons. The molecule has 0 amide bonds. The normalized spacial score (nSPS) is 18.4. The molecule has 1 N–H and O–H groups in total. The molecule has 0 aromatic heterocycles. The maximum Gasteiger partial charge on any atom is 0.0320 e. The number of benzene rings is 1.